The van der Waals surface area contributed by atoms with Crippen molar-refractivity contribution in [2.24, 2.45) is 7.05 Å². The SMILES string of the molecule is Cn1cc(N)c(C(=O)Nc2ccc3c(c2)OCO3)n1. The zero-order valence-corrected chi connectivity index (χ0v) is 10.2. The molecule has 0 bridgehead atoms. The number of anilines is 2. The molecule has 0 saturated heterocycles. The molecular weight excluding hydrogens is 248 g/mol. The second kappa shape index (κ2) is 4.20. The van der Waals surface area contributed by atoms with Crippen molar-refractivity contribution in [3.8, 4) is 11.5 Å². The van der Waals surface area contributed by atoms with Crippen LogP contribution in [-0.2, 0) is 7.05 Å². The van der Waals surface area contributed by atoms with E-state index in [1.165, 1.54) is 4.68 Å². The van der Waals surface area contributed by atoms with Crippen LogP contribution in [0.15, 0.2) is 24.4 Å². The van der Waals surface area contributed by atoms with E-state index in [4.69, 9.17) is 15.2 Å². The van der Waals surface area contributed by atoms with Gasteiger partial charge in [-0.25, -0.2) is 0 Å². The lowest BCUT2D eigenvalue weighted by molar-refractivity contribution is 0.102. The fourth-order valence-corrected chi connectivity index (χ4v) is 1.85. The van der Waals surface area contributed by atoms with Crippen LogP contribution in [0.1, 0.15) is 10.5 Å². The monoisotopic (exact) mass is 260 g/mol. The van der Waals surface area contributed by atoms with Crippen LogP contribution in [0, 0.1) is 0 Å². The number of rotatable bonds is 2. The number of aromatic nitrogens is 2. The Morgan fingerprint density at radius 1 is 1.42 bits per heavy atom. The molecule has 1 aliphatic rings. The molecule has 3 rings (SSSR count). The smallest absolute Gasteiger partial charge is 0.278 e. The van der Waals surface area contributed by atoms with Gasteiger partial charge in [0.15, 0.2) is 17.2 Å². The average Bonchev–Trinajstić information content (AvgIpc) is 2.94. The van der Waals surface area contributed by atoms with Gasteiger partial charge in [-0.05, 0) is 12.1 Å². The van der Waals surface area contributed by atoms with Crippen molar-refractivity contribution in [2.45, 2.75) is 0 Å². The summed E-state index contributed by atoms with van der Waals surface area (Å²) >= 11 is 0. The number of fused-ring (bicyclic) bond motifs is 1. The van der Waals surface area contributed by atoms with Gasteiger partial charge in [0, 0.05) is 25.0 Å². The highest BCUT2D eigenvalue weighted by Crippen LogP contribution is 2.34. The quantitative estimate of drug-likeness (QED) is 0.840. The van der Waals surface area contributed by atoms with Gasteiger partial charge in [-0.2, -0.15) is 5.10 Å². The van der Waals surface area contributed by atoms with Gasteiger partial charge in [0.25, 0.3) is 5.91 Å². The molecule has 1 amide bonds. The van der Waals surface area contributed by atoms with E-state index in [-0.39, 0.29) is 18.4 Å². The molecule has 1 aromatic carbocycles. The number of amides is 1. The zero-order valence-electron chi connectivity index (χ0n) is 10.2. The Balaban J connectivity index is 1.81. The Labute approximate surface area is 108 Å². The largest absolute Gasteiger partial charge is 0.454 e. The standard InChI is InChI=1S/C12H12N4O3/c1-16-5-8(13)11(15-16)12(17)14-7-2-3-9-10(4-7)19-6-18-9/h2-5H,6,13H2,1H3,(H,14,17). The molecule has 19 heavy (non-hydrogen) atoms. The molecule has 0 saturated carbocycles. The van der Waals surface area contributed by atoms with Crippen molar-refractivity contribution in [1.82, 2.24) is 9.78 Å². The van der Waals surface area contributed by atoms with E-state index in [1.54, 1.807) is 31.4 Å². The first-order valence-electron chi connectivity index (χ1n) is 5.63. The average molecular weight is 260 g/mol. The molecule has 1 aromatic heterocycles. The summed E-state index contributed by atoms with van der Waals surface area (Å²) in [4.78, 5) is 12.0. The third kappa shape index (κ3) is 2.05. The molecule has 0 unspecified atom stereocenters. The third-order valence-corrected chi connectivity index (χ3v) is 2.70. The minimum Gasteiger partial charge on any atom is -0.454 e. The summed E-state index contributed by atoms with van der Waals surface area (Å²) in [6, 6.07) is 5.16. The summed E-state index contributed by atoms with van der Waals surface area (Å²) in [7, 11) is 1.70. The van der Waals surface area contributed by atoms with Gasteiger partial charge in [-0.3, -0.25) is 9.48 Å². The van der Waals surface area contributed by atoms with Crippen LogP contribution in [0.4, 0.5) is 11.4 Å². The van der Waals surface area contributed by atoms with Crippen molar-refractivity contribution in [3.05, 3.63) is 30.1 Å². The van der Waals surface area contributed by atoms with Gasteiger partial charge in [-0.15, -0.1) is 0 Å². The van der Waals surface area contributed by atoms with Crippen molar-refractivity contribution in [2.75, 3.05) is 17.8 Å². The lowest BCUT2D eigenvalue weighted by atomic mass is 10.2. The third-order valence-electron chi connectivity index (χ3n) is 2.70. The van der Waals surface area contributed by atoms with Crippen LogP contribution in [0.2, 0.25) is 0 Å². The summed E-state index contributed by atoms with van der Waals surface area (Å²) in [5.74, 6) is 0.902. The minimum atomic E-state index is -0.364. The molecule has 0 spiro atoms. The van der Waals surface area contributed by atoms with E-state index < -0.39 is 0 Å². The van der Waals surface area contributed by atoms with Gasteiger partial charge in [-0.1, -0.05) is 0 Å². The predicted octanol–water partition coefficient (Wildman–Crippen LogP) is 0.983. The molecule has 2 aromatic rings. The predicted molar refractivity (Wildman–Crippen MR) is 68.1 cm³/mol. The fourth-order valence-electron chi connectivity index (χ4n) is 1.85. The normalized spacial score (nSPS) is 12.5. The summed E-state index contributed by atoms with van der Waals surface area (Å²) in [6.07, 6.45) is 1.58. The van der Waals surface area contributed by atoms with Gasteiger partial charge in [0.1, 0.15) is 0 Å². The number of benzene rings is 1. The van der Waals surface area contributed by atoms with Gasteiger partial charge in [0.05, 0.1) is 5.69 Å². The van der Waals surface area contributed by atoms with Crippen molar-refractivity contribution < 1.29 is 14.3 Å². The van der Waals surface area contributed by atoms with E-state index >= 15 is 0 Å². The van der Waals surface area contributed by atoms with E-state index in [0.29, 0.717) is 22.9 Å². The number of aryl methyl sites for hydroxylation is 1. The number of nitrogens with one attached hydrogen (secondary N) is 1. The van der Waals surface area contributed by atoms with Crippen LogP contribution >= 0.6 is 0 Å². The molecule has 0 aliphatic carbocycles. The lowest BCUT2D eigenvalue weighted by Crippen LogP contribution is -2.14. The van der Waals surface area contributed by atoms with Crippen molar-refractivity contribution in [1.29, 1.82) is 0 Å². The second-order valence-corrected chi connectivity index (χ2v) is 4.13. The van der Waals surface area contributed by atoms with E-state index in [0.717, 1.165) is 0 Å². The Bertz CT molecular complexity index is 650. The lowest BCUT2D eigenvalue weighted by Gasteiger charge is -2.04. The maximum absolute atomic E-state index is 12.0. The van der Waals surface area contributed by atoms with E-state index in [2.05, 4.69) is 10.4 Å². The highest BCUT2D eigenvalue weighted by Gasteiger charge is 2.17. The Hall–Kier alpha value is -2.70. The van der Waals surface area contributed by atoms with Crippen LogP contribution in [0.5, 0.6) is 11.5 Å². The number of nitrogens with zero attached hydrogens (tertiary/aromatic N) is 2. The number of ether oxygens (including phenoxy) is 2. The van der Waals surface area contributed by atoms with Crippen LogP contribution in [-0.4, -0.2) is 22.5 Å². The Kier molecular flexibility index (Phi) is 2.52. The molecule has 0 fully saturated rings. The summed E-state index contributed by atoms with van der Waals surface area (Å²) in [5, 5.41) is 6.71. The summed E-state index contributed by atoms with van der Waals surface area (Å²) in [5.41, 5.74) is 6.82. The number of hydrogen-bond donors (Lipinski definition) is 2. The maximum Gasteiger partial charge on any atom is 0.278 e. The molecule has 1 aliphatic heterocycles. The van der Waals surface area contributed by atoms with Crippen LogP contribution in [0.3, 0.4) is 0 Å². The minimum absolute atomic E-state index is 0.194. The molecule has 0 atom stereocenters. The number of hydrogen-bond acceptors (Lipinski definition) is 5. The molecule has 3 N–H and O–H groups in total. The number of nitrogens with two attached hydrogens (primary N) is 1. The molecular formula is C12H12N4O3. The van der Waals surface area contributed by atoms with Crippen LogP contribution in [0.25, 0.3) is 0 Å². The summed E-state index contributed by atoms with van der Waals surface area (Å²) < 4.78 is 11.9. The number of nitrogen functional groups attached to an aromatic ring is 1. The highest BCUT2D eigenvalue weighted by molar-refractivity contribution is 6.06. The molecule has 7 nitrogen and oxygen atoms in total. The van der Waals surface area contributed by atoms with E-state index in [9.17, 15) is 4.79 Å². The molecule has 2 heterocycles. The number of carbonyl (C=O) groups is 1. The maximum atomic E-state index is 12.0. The van der Waals surface area contributed by atoms with Crippen molar-refractivity contribution in [3.63, 3.8) is 0 Å². The first-order chi connectivity index (χ1) is 9.13. The number of carbonyl (C=O) groups excluding carboxylic acids is 1. The Morgan fingerprint density at radius 3 is 2.95 bits per heavy atom. The molecule has 0 radical (unpaired) electrons. The van der Waals surface area contributed by atoms with Crippen molar-refractivity contribution >= 4 is 17.3 Å². The zero-order chi connectivity index (χ0) is 13.4. The van der Waals surface area contributed by atoms with Gasteiger partial charge in [0.2, 0.25) is 6.79 Å². The van der Waals surface area contributed by atoms with E-state index in [1.807, 2.05) is 0 Å². The topological polar surface area (TPSA) is 91.4 Å². The summed E-state index contributed by atoms with van der Waals surface area (Å²) in [6.45, 7) is 0.194. The first kappa shape index (κ1) is 11.4. The highest BCUT2D eigenvalue weighted by atomic mass is 16.7. The first-order valence-corrected chi connectivity index (χ1v) is 5.63. The second-order valence-electron chi connectivity index (χ2n) is 4.13. The van der Waals surface area contributed by atoms with Gasteiger partial charge < -0.3 is 20.5 Å². The Morgan fingerprint density at radius 2 is 2.21 bits per heavy atom. The van der Waals surface area contributed by atoms with Crippen LogP contribution < -0.4 is 20.5 Å². The van der Waals surface area contributed by atoms with Gasteiger partial charge >= 0.3 is 0 Å². The fraction of sp³-hybridized carbons (Fsp3) is 0.167. The molecule has 7 heteroatoms. The molecule has 98 valence electrons.